The molecule has 24 heavy (non-hydrogen) atoms. The number of benzene rings is 1. The number of anilines is 1. The van der Waals surface area contributed by atoms with E-state index < -0.39 is 12.1 Å². The second-order valence-electron chi connectivity index (χ2n) is 5.93. The average molecular weight is 333 g/mol. The van der Waals surface area contributed by atoms with E-state index in [0.717, 1.165) is 12.1 Å². The van der Waals surface area contributed by atoms with Crippen molar-refractivity contribution in [3.63, 3.8) is 0 Å². The third-order valence-corrected chi connectivity index (χ3v) is 3.41. The van der Waals surface area contributed by atoms with Crippen molar-refractivity contribution in [2.45, 2.75) is 33.3 Å². The lowest BCUT2D eigenvalue weighted by Gasteiger charge is -2.21. The van der Waals surface area contributed by atoms with Crippen LogP contribution in [0.15, 0.2) is 43.0 Å². The molecule has 1 aromatic carbocycles. The van der Waals surface area contributed by atoms with E-state index in [-0.39, 0.29) is 12.5 Å². The quantitative estimate of drug-likeness (QED) is 0.487. The van der Waals surface area contributed by atoms with Crippen LogP contribution in [0.2, 0.25) is 0 Å². The molecule has 5 nitrogen and oxygen atoms in total. The van der Waals surface area contributed by atoms with E-state index in [9.17, 15) is 9.59 Å². The summed E-state index contributed by atoms with van der Waals surface area (Å²) in [6.07, 6.45) is 1.82. The second-order valence-corrected chi connectivity index (χ2v) is 5.93. The van der Waals surface area contributed by atoms with Crippen molar-refractivity contribution in [2.24, 2.45) is 5.92 Å². The summed E-state index contributed by atoms with van der Waals surface area (Å²) in [5, 5.41) is 0. The van der Waals surface area contributed by atoms with Gasteiger partial charge in [0.15, 0.2) is 12.7 Å². The topological polar surface area (TPSA) is 55.8 Å². The van der Waals surface area contributed by atoms with Crippen molar-refractivity contribution in [3.8, 4) is 0 Å². The molecule has 1 rings (SSSR count). The van der Waals surface area contributed by atoms with Gasteiger partial charge >= 0.3 is 5.97 Å². The molecule has 0 radical (unpaired) electrons. The van der Waals surface area contributed by atoms with Gasteiger partial charge in [-0.15, -0.1) is 6.58 Å². The predicted octanol–water partition coefficient (Wildman–Crippen LogP) is 3.20. The molecule has 1 aromatic rings. The molecule has 0 aliphatic heterocycles. The summed E-state index contributed by atoms with van der Waals surface area (Å²) in [4.78, 5) is 25.7. The van der Waals surface area contributed by atoms with Gasteiger partial charge in [0.2, 0.25) is 0 Å². The number of carbonyl (C=O) groups is 2. The number of rotatable bonds is 10. The van der Waals surface area contributed by atoms with Crippen LogP contribution in [0.4, 0.5) is 5.69 Å². The molecule has 0 fully saturated rings. The molecule has 132 valence electrons. The van der Waals surface area contributed by atoms with Crippen LogP contribution >= 0.6 is 0 Å². The van der Waals surface area contributed by atoms with Crippen molar-refractivity contribution in [1.82, 2.24) is 0 Å². The fraction of sp³-hybridized carbons (Fsp3) is 0.474. The number of hydrogen-bond donors (Lipinski definition) is 0. The van der Waals surface area contributed by atoms with Crippen LogP contribution in [-0.2, 0) is 19.1 Å². The zero-order valence-electron chi connectivity index (χ0n) is 14.7. The number of amides is 1. The molecule has 0 heterocycles. The van der Waals surface area contributed by atoms with Gasteiger partial charge < -0.3 is 14.4 Å². The van der Waals surface area contributed by atoms with Crippen molar-refractivity contribution < 1.29 is 19.1 Å². The fourth-order valence-electron chi connectivity index (χ4n) is 1.96. The Balaban J connectivity index is 2.50. The van der Waals surface area contributed by atoms with Gasteiger partial charge in [-0.05, 0) is 31.4 Å². The summed E-state index contributed by atoms with van der Waals surface area (Å²) in [7, 11) is 0. The lowest BCUT2D eigenvalue weighted by atomic mass is 10.1. The van der Waals surface area contributed by atoms with Crippen LogP contribution in [0.1, 0.15) is 27.2 Å². The molecular weight excluding hydrogens is 306 g/mol. The predicted molar refractivity (Wildman–Crippen MR) is 94.8 cm³/mol. The van der Waals surface area contributed by atoms with E-state index in [4.69, 9.17) is 9.47 Å². The molecular formula is C19H27NO4. The minimum Gasteiger partial charge on any atom is -0.454 e. The SMILES string of the molecule is C=CCN(C(=O)COC(=O)C(C)OCCC(C)C)c1ccccc1. The summed E-state index contributed by atoms with van der Waals surface area (Å²) in [5.74, 6) is -0.323. The molecule has 1 atom stereocenters. The number of carbonyl (C=O) groups excluding carboxylic acids is 2. The molecule has 0 bridgehead atoms. The number of esters is 1. The summed E-state index contributed by atoms with van der Waals surface area (Å²) in [5.41, 5.74) is 0.736. The Morgan fingerprint density at radius 3 is 2.46 bits per heavy atom. The van der Waals surface area contributed by atoms with Crippen LogP contribution < -0.4 is 4.90 Å². The monoisotopic (exact) mass is 333 g/mol. The van der Waals surface area contributed by atoms with Crippen molar-refractivity contribution in [1.29, 1.82) is 0 Å². The lowest BCUT2D eigenvalue weighted by Crippen LogP contribution is -2.36. The van der Waals surface area contributed by atoms with Crippen molar-refractivity contribution in [3.05, 3.63) is 43.0 Å². The first-order valence-electron chi connectivity index (χ1n) is 8.20. The van der Waals surface area contributed by atoms with E-state index in [1.807, 2.05) is 30.3 Å². The minimum absolute atomic E-state index is 0.302. The van der Waals surface area contributed by atoms with Gasteiger partial charge in [-0.1, -0.05) is 38.1 Å². The molecule has 0 N–H and O–H groups in total. The third-order valence-electron chi connectivity index (χ3n) is 3.41. The molecule has 0 spiro atoms. The number of hydrogen-bond acceptors (Lipinski definition) is 4. The van der Waals surface area contributed by atoms with E-state index in [1.165, 1.54) is 4.90 Å². The largest absolute Gasteiger partial charge is 0.454 e. The number of nitrogens with zero attached hydrogens (tertiary/aromatic N) is 1. The Labute approximate surface area is 144 Å². The number of para-hydroxylation sites is 1. The van der Waals surface area contributed by atoms with Crippen molar-refractivity contribution >= 4 is 17.6 Å². The molecule has 0 saturated heterocycles. The first-order valence-corrected chi connectivity index (χ1v) is 8.20. The zero-order valence-corrected chi connectivity index (χ0v) is 14.7. The fourth-order valence-corrected chi connectivity index (χ4v) is 1.96. The van der Waals surface area contributed by atoms with Gasteiger partial charge in [0.1, 0.15) is 0 Å². The molecule has 0 aromatic heterocycles. The van der Waals surface area contributed by atoms with Gasteiger partial charge in [0.25, 0.3) is 5.91 Å². The highest BCUT2D eigenvalue weighted by Gasteiger charge is 2.20. The Kier molecular flexibility index (Phi) is 8.79. The summed E-state index contributed by atoms with van der Waals surface area (Å²) < 4.78 is 10.5. The van der Waals surface area contributed by atoms with E-state index in [2.05, 4.69) is 20.4 Å². The highest BCUT2D eigenvalue weighted by atomic mass is 16.6. The maximum Gasteiger partial charge on any atom is 0.335 e. The normalized spacial score (nSPS) is 11.8. The first-order chi connectivity index (χ1) is 11.5. The Morgan fingerprint density at radius 2 is 1.88 bits per heavy atom. The second kappa shape index (κ2) is 10.6. The maximum absolute atomic E-state index is 12.3. The third kappa shape index (κ3) is 6.96. The summed E-state index contributed by atoms with van der Waals surface area (Å²) in [6, 6.07) is 9.20. The summed E-state index contributed by atoms with van der Waals surface area (Å²) >= 11 is 0. The lowest BCUT2D eigenvalue weighted by molar-refractivity contribution is -0.158. The van der Waals surface area contributed by atoms with Crippen LogP contribution in [0.5, 0.6) is 0 Å². The van der Waals surface area contributed by atoms with Crippen molar-refractivity contribution in [2.75, 3.05) is 24.7 Å². The van der Waals surface area contributed by atoms with E-state index in [0.29, 0.717) is 19.1 Å². The van der Waals surface area contributed by atoms with E-state index >= 15 is 0 Å². The van der Waals surface area contributed by atoms with Gasteiger partial charge in [-0.25, -0.2) is 4.79 Å². The highest BCUT2D eigenvalue weighted by molar-refractivity contribution is 5.95. The van der Waals surface area contributed by atoms with Gasteiger partial charge in [-0.3, -0.25) is 4.79 Å². The Morgan fingerprint density at radius 1 is 1.21 bits per heavy atom. The molecule has 5 heteroatoms. The molecule has 1 unspecified atom stereocenters. The first kappa shape index (κ1) is 19.9. The Bertz CT molecular complexity index is 527. The van der Waals surface area contributed by atoms with Crippen LogP contribution in [0.25, 0.3) is 0 Å². The van der Waals surface area contributed by atoms with Crippen LogP contribution in [0, 0.1) is 5.92 Å². The smallest absolute Gasteiger partial charge is 0.335 e. The number of ether oxygens (including phenoxy) is 2. The highest BCUT2D eigenvalue weighted by Crippen LogP contribution is 2.13. The standard InChI is InChI=1S/C19H27NO4/c1-5-12-20(17-9-7-6-8-10-17)18(21)14-24-19(22)16(4)23-13-11-15(2)3/h5-10,15-16H,1,11-14H2,2-4H3. The molecule has 0 aliphatic rings. The maximum atomic E-state index is 12.3. The Hall–Kier alpha value is -2.14. The van der Waals surface area contributed by atoms with Crippen LogP contribution in [-0.4, -0.2) is 37.7 Å². The molecule has 0 aliphatic carbocycles. The summed E-state index contributed by atoms with van der Waals surface area (Å²) in [6.45, 7) is 9.98. The van der Waals surface area contributed by atoms with Gasteiger partial charge in [0, 0.05) is 18.8 Å². The van der Waals surface area contributed by atoms with Gasteiger partial charge in [-0.2, -0.15) is 0 Å². The molecule has 0 saturated carbocycles. The van der Waals surface area contributed by atoms with E-state index in [1.54, 1.807) is 13.0 Å². The van der Waals surface area contributed by atoms with Gasteiger partial charge in [0.05, 0.1) is 0 Å². The average Bonchev–Trinajstić information content (AvgIpc) is 2.57. The molecule has 1 amide bonds. The van der Waals surface area contributed by atoms with Crippen LogP contribution in [0.3, 0.4) is 0 Å². The minimum atomic E-state index is -0.680. The zero-order chi connectivity index (χ0) is 17.9.